The number of rotatable bonds is 10. The molecule has 0 aliphatic carbocycles. The maximum Gasteiger partial charge on any atom is 0.113 e. The molecule has 0 atom stereocenters. The van der Waals surface area contributed by atoms with E-state index in [1.165, 1.54) is 12.6 Å². The highest BCUT2D eigenvalue weighted by molar-refractivity contribution is 7.89. The van der Waals surface area contributed by atoms with Crippen molar-refractivity contribution in [3.8, 4) is 154 Å². The number of benzene rings is 8. The smallest absolute Gasteiger partial charge is 0.106 e. The van der Waals surface area contributed by atoms with Gasteiger partial charge in [0.05, 0.1) is 31.3 Å². The van der Waals surface area contributed by atoms with E-state index in [0.29, 0.717) is 49.5 Å². The lowest BCUT2D eigenvalue weighted by Crippen LogP contribution is -2.72. The van der Waals surface area contributed by atoms with Crippen molar-refractivity contribution in [2.45, 2.75) is 125 Å². The number of hydrogen-bond acceptors (Lipinski definition) is 0. The van der Waals surface area contributed by atoms with Crippen LogP contribution in [0.5, 0.6) is 0 Å². The summed E-state index contributed by atoms with van der Waals surface area (Å²) in [6, 6.07) is 0. The monoisotopic (exact) mass is 1190 g/mol. The van der Waals surface area contributed by atoms with E-state index < -0.39 is 38.5 Å². The van der Waals surface area contributed by atoms with Crippen molar-refractivity contribution in [3.63, 3.8) is 0 Å². The molecule has 422 valence electrons. The van der Waals surface area contributed by atoms with Gasteiger partial charge in [0.1, 0.15) is 7.85 Å². The first-order chi connectivity index (χ1) is 45.6. The van der Waals surface area contributed by atoms with Crippen LogP contribution in [0.15, 0.2) is 0 Å². The Bertz CT molecular complexity index is 5520. The Morgan fingerprint density at radius 1 is 0.302 bits per heavy atom. The maximum atomic E-state index is 7.95. The molecule has 0 unspecified atom stereocenters. The summed E-state index contributed by atoms with van der Waals surface area (Å²) in [5.74, 6) is 60.9. The summed E-state index contributed by atoms with van der Waals surface area (Å²) < 4.78 is 0. The van der Waals surface area contributed by atoms with Crippen LogP contribution in [0, 0.1) is 235 Å². The molecule has 0 aliphatic heterocycles. The van der Waals surface area contributed by atoms with E-state index in [-0.39, 0.29) is 0 Å². The van der Waals surface area contributed by atoms with Crippen molar-refractivity contribution < 1.29 is 0 Å². The van der Waals surface area contributed by atoms with Gasteiger partial charge in [-0.15, -0.1) is 24.2 Å². The zero-order valence-electron chi connectivity index (χ0n) is 58.5. The van der Waals surface area contributed by atoms with E-state index in [1.54, 1.807) is 21.0 Å². The van der Waals surface area contributed by atoms with Gasteiger partial charge >= 0.3 is 0 Å². The molecule has 22 radical (unpaired) electrons. The fourth-order valence-corrected chi connectivity index (χ4v) is 15.0. The average molecular weight is 1190 g/mol. The van der Waals surface area contributed by atoms with Crippen LogP contribution in [0.1, 0.15) is 132 Å². The Hall–Kier alpha value is -8.61. The first kappa shape index (κ1) is 73.2. The lowest BCUT2D eigenvalue weighted by Gasteiger charge is -2.37. The Morgan fingerprint density at radius 2 is 0.698 bits per heavy atom. The average Bonchev–Trinajstić information content (AvgIpc) is 0.690. The van der Waals surface area contributed by atoms with Crippen LogP contribution < -0.4 is 21.9 Å². The van der Waals surface area contributed by atoms with Crippen LogP contribution in [0.3, 0.4) is 0 Å². The Labute approximate surface area is 591 Å². The molecular weight excluding hydrogens is 1130 g/mol. The standard InChI is InChI=1S/C78H56B18/c1-21-26-30-32-35-38-57-52(17)67-69(54(19)62-49(14)44(9)56(36-25-5)59(37-29-24-4)71(62)72(67)60(40-33-28-23-3)58(57)39-34-31-27-22-2)65-47(12)43(8)48(13)66-68(65)53(18)61-45(10)41(6)42(7)46(11)64(61)73(66)70-55(20)63-50(15)51(16)77(91(93(82)83)94(84)85)78(74(63)75(79)76(70)89-80)92(95(86)87)96(88)90-81/h2,4H,1,3,5-20H3. The molecule has 8 aromatic rings. The first-order valence-electron chi connectivity index (χ1n) is 31.6. The molecular formula is C78H56B18. The Morgan fingerprint density at radius 3 is 1.25 bits per heavy atom. The third-order valence-electron chi connectivity index (χ3n) is 20.1. The molecule has 96 heavy (non-hydrogen) atoms. The van der Waals surface area contributed by atoms with Crippen molar-refractivity contribution in [3.05, 3.63) is 111 Å². The predicted molar refractivity (Wildman–Crippen MR) is 438 cm³/mol. The summed E-state index contributed by atoms with van der Waals surface area (Å²) in [6.07, 6.45) is 7.75. The van der Waals surface area contributed by atoms with Gasteiger partial charge in [-0.1, -0.05) is 63.4 Å². The third kappa shape index (κ3) is 12.1. The lowest BCUT2D eigenvalue weighted by atomic mass is 8.67. The molecule has 0 amide bonds. The van der Waals surface area contributed by atoms with E-state index in [9.17, 15) is 0 Å². The minimum atomic E-state index is -1.06. The summed E-state index contributed by atoms with van der Waals surface area (Å²) in [5, 5.41) is 8.91. The minimum Gasteiger partial charge on any atom is -0.106 e. The summed E-state index contributed by atoms with van der Waals surface area (Å²) in [7, 11) is 71.9. The molecule has 0 fully saturated rings. The van der Waals surface area contributed by atoms with E-state index in [1.807, 2.05) is 13.8 Å². The normalized spacial score (nSPS) is 10.0. The van der Waals surface area contributed by atoms with Gasteiger partial charge in [0, 0.05) is 130 Å². The van der Waals surface area contributed by atoms with Crippen LogP contribution in [0.25, 0.3) is 76.1 Å². The Kier molecular flexibility index (Phi) is 22.7. The van der Waals surface area contributed by atoms with Gasteiger partial charge in [0.15, 0.2) is 0 Å². The zero-order chi connectivity index (χ0) is 71.0. The van der Waals surface area contributed by atoms with Crippen molar-refractivity contribution in [1.82, 2.24) is 0 Å². The van der Waals surface area contributed by atoms with Gasteiger partial charge in [0.25, 0.3) is 0 Å². The quantitative estimate of drug-likeness (QED) is 0.0649. The maximum absolute atomic E-state index is 7.95. The number of terminal acetylenes is 2. The Balaban J connectivity index is 1.88. The summed E-state index contributed by atoms with van der Waals surface area (Å²) >= 11 is 0. The molecule has 0 N–H and O–H groups in total. The number of hydrogen-bond donors (Lipinski definition) is 0. The van der Waals surface area contributed by atoms with Gasteiger partial charge in [-0.2, -0.15) is 0 Å². The molecule has 18 heteroatoms. The predicted octanol–water partition coefficient (Wildman–Crippen LogP) is 6.35. The van der Waals surface area contributed by atoms with E-state index in [4.69, 9.17) is 90.3 Å². The van der Waals surface area contributed by atoms with Gasteiger partial charge < -0.3 is 0 Å². The second-order valence-corrected chi connectivity index (χ2v) is 24.8. The van der Waals surface area contributed by atoms with Crippen LogP contribution in [0.2, 0.25) is 0 Å². The van der Waals surface area contributed by atoms with Crippen LogP contribution in [0.4, 0.5) is 0 Å². The minimum absolute atomic E-state index is 0.346. The SMILES string of the molecule is [B][B]B([B])B(B([B])[B])c1c(B(B([B])[B])B([B])[B])c(C)c(C)c2c(C)c(-c3c4c(C)c(C)c(C)c(C)c4c(C)c4c(-c5c(C)c6c(C)c(C)c(C#CC)c(C#CC#C)c6c6c(C#CC#CC)c(C#CC#CC#C)c(C#CC#CC#CC)c(C)c56)c(C)c(C)c(C)c34)c([B][B])c([B])c12. The molecule has 0 aromatic heterocycles. The van der Waals surface area contributed by atoms with Gasteiger partial charge in [-0.3, -0.25) is 0 Å². The van der Waals surface area contributed by atoms with Gasteiger partial charge in [-0.05, 0) is 339 Å². The largest absolute Gasteiger partial charge is 0.113 e. The highest BCUT2D eigenvalue weighted by Gasteiger charge is 2.39. The molecule has 0 saturated heterocycles. The summed E-state index contributed by atoms with van der Waals surface area (Å²) in [6.45, 7) is 36.1. The molecule has 8 rings (SSSR count). The molecule has 0 bridgehead atoms. The topological polar surface area (TPSA) is 0 Å². The summed E-state index contributed by atoms with van der Waals surface area (Å²) in [5.41, 5.74) is 23.9. The highest BCUT2D eigenvalue weighted by Crippen LogP contribution is 2.54. The zero-order valence-corrected chi connectivity index (χ0v) is 58.5. The molecule has 0 saturated carbocycles. The molecule has 0 heterocycles. The van der Waals surface area contributed by atoms with E-state index in [0.717, 1.165) is 154 Å². The van der Waals surface area contributed by atoms with Crippen LogP contribution >= 0.6 is 0 Å². The molecule has 0 nitrogen and oxygen atoms in total. The van der Waals surface area contributed by atoms with Crippen molar-refractivity contribution in [2.24, 2.45) is 0 Å². The summed E-state index contributed by atoms with van der Waals surface area (Å²) in [4.78, 5) is 0. The molecule has 8 aromatic carbocycles. The second-order valence-electron chi connectivity index (χ2n) is 24.8. The van der Waals surface area contributed by atoms with Gasteiger partial charge in [0.2, 0.25) is 0 Å². The van der Waals surface area contributed by atoms with Gasteiger partial charge in [-0.25, -0.2) is 0 Å². The third-order valence-corrected chi connectivity index (χ3v) is 20.1. The van der Waals surface area contributed by atoms with Crippen LogP contribution in [-0.4, -0.2) is 130 Å². The van der Waals surface area contributed by atoms with Crippen molar-refractivity contribution >= 4 is 206 Å². The van der Waals surface area contributed by atoms with Crippen molar-refractivity contribution in [1.29, 1.82) is 0 Å². The lowest BCUT2D eigenvalue weighted by molar-refractivity contribution is 1.24. The fourth-order valence-electron chi connectivity index (χ4n) is 15.0. The fraction of sp³-hybridized carbons (Fsp3) is 0.231. The molecule has 0 spiro atoms. The second kappa shape index (κ2) is 29.8. The highest BCUT2D eigenvalue weighted by atomic mass is 14.3. The van der Waals surface area contributed by atoms with E-state index in [2.05, 4.69) is 215 Å². The first-order valence-corrected chi connectivity index (χ1v) is 31.6. The number of fused-ring (bicyclic) bond motifs is 6. The molecule has 0 aliphatic rings. The van der Waals surface area contributed by atoms with E-state index >= 15 is 0 Å². The number of aryl methyl sites for hydroxylation is 9. The van der Waals surface area contributed by atoms with Crippen LogP contribution in [-0.2, 0) is 0 Å². The van der Waals surface area contributed by atoms with Crippen molar-refractivity contribution in [2.75, 3.05) is 0 Å².